The maximum Gasteiger partial charge on any atom is 0.165 e. The van der Waals surface area contributed by atoms with E-state index in [2.05, 4.69) is 112 Å². The number of nitrogens with zero attached hydrogens (tertiary/aromatic N) is 3. The molecule has 0 unspecified atom stereocenters. The topological polar surface area (TPSA) is 54.2 Å². The van der Waals surface area contributed by atoms with Crippen molar-refractivity contribution in [1.29, 1.82) is 0 Å². The highest BCUT2D eigenvalue weighted by molar-refractivity contribution is 6.09. The molecule has 0 spiro atoms. The van der Waals surface area contributed by atoms with Crippen molar-refractivity contribution in [1.82, 2.24) is 14.4 Å². The third kappa shape index (κ3) is 3.26. The second-order valence-corrected chi connectivity index (χ2v) is 9.69. The molecule has 0 atom stereocenters. The fraction of sp³-hybridized carbons (Fsp3) is 0.0303. The molecule has 38 heavy (non-hydrogen) atoms. The van der Waals surface area contributed by atoms with Gasteiger partial charge in [-0.2, -0.15) is 0 Å². The molecular weight excluding hydrogens is 466 g/mol. The average Bonchev–Trinajstić information content (AvgIpc) is 3.59. The smallest absolute Gasteiger partial charge is 0.165 e. The van der Waals surface area contributed by atoms with Crippen LogP contribution < -0.4 is 10.6 Å². The van der Waals surface area contributed by atoms with Gasteiger partial charge < -0.3 is 10.6 Å². The molecule has 0 fully saturated rings. The molecule has 5 nitrogen and oxygen atoms in total. The molecule has 0 amide bonds. The molecule has 0 saturated heterocycles. The number of hydrogen-bond acceptors (Lipinski definition) is 4. The van der Waals surface area contributed by atoms with Gasteiger partial charge in [0.1, 0.15) is 17.3 Å². The Morgan fingerprint density at radius 2 is 1.26 bits per heavy atom. The number of benzene rings is 4. The molecule has 4 aromatic carbocycles. The Morgan fingerprint density at radius 1 is 0.579 bits per heavy atom. The molecule has 180 valence electrons. The Labute approximate surface area is 219 Å². The quantitative estimate of drug-likeness (QED) is 0.265. The largest absolute Gasteiger partial charge is 0.360 e. The van der Waals surface area contributed by atoms with Gasteiger partial charge in [-0.1, -0.05) is 78.9 Å². The molecule has 4 heterocycles. The van der Waals surface area contributed by atoms with Gasteiger partial charge in [-0.25, -0.2) is 9.97 Å². The van der Waals surface area contributed by atoms with Crippen LogP contribution in [0.1, 0.15) is 11.7 Å². The van der Waals surface area contributed by atoms with Crippen LogP contribution in [0.4, 0.5) is 11.4 Å². The molecule has 0 saturated carbocycles. The first-order chi connectivity index (χ1) is 18.8. The van der Waals surface area contributed by atoms with Crippen molar-refractivity contribution in [2.75, 3.05) is 10.6 Å². The Bertz CT molecular complexity index is 1980. The number of imidazole rings is 1. The van der Waals surface area contributed by atoms with E-state index in [4.69, 9.17) is 9.97 Å². The SMILES string of the molecule is c1cc(-c2cccc(C3Nc4ccccc4N3)c2)cc(-c2nc3c(nc4ccccn43)c3ccccc23)c1. The molecule has 0 radical (unpaired) electrons. The predicted octanol–water partition coefficient (Wildman–Crippen LogP) is 7.91. The lowest BCUT2D eigenvalue weighted by Gasteiger charge is -2.15. The van der Waals surface area contributed by atoms with E-state index in [0.717, 1.165) is 55.8 Å². The number of para-hydroxylation sites is 2. The van der Waals surface area contributed by atoms with Crippen LogP contribution >= 0.6 is 0 Å². The normalized spacial score (nSPS) is 13.1. The third-order valence-electron chi connectivity index (χ3n) is 7.38. The van der Waals surface area contributed by atoms with Gasteiger partial charge in [-0.15, -0.1) is 0 Å². The maximum absolute atomic E-state index is 5.18. The molecule has 0 aliphatic carbocycles. The van der Waals surface area contributed by atoms with Crippen LogP contribution in [-0.4, -0.2) is 14.4 Å². The lowest BCUT2D eigenvalue weighted by atomic mass is 9.97. The summed E-state index contributed by atoms with van der Waals surface area (Å²) < 4.78 is 2.07. The van der Waals surface area contributed by atoms with Crippen molar-refractivity contribution < 1.29 is 0 Å². The maximum atomic E-state index is 5.18. The third-order valence-corrected chi connectivity index (χ3v) is 7.38. The Hall–Kier alpha value is -5.16. The Balaban J connectivity index is 1.24. The first-order valence-corrected chi connectivity index (χ1v) is 12.8. The second kappa shape index (κ2) is 8.18. The van der Waals surface area contributed by atoms with Gasteiger partial charge in [0.25, 0.3) is 0 Å². The van der Waals surface area contributed by atoms with Gasteiger partial charge in [0.05, 0.1) is 17.1 Å². The van der Waals surface area contributed by atoms with Crippen LogP contribution in [0.2, 0.25) is 0 Å². The van der Waals surface area contributed by atoms with E-state index in [0.29, 0.717) is 0 Å². The summed E-state index contributed by atoms with van der Waals surface area (Å²) >= 11 is 0. The standard InChI is InChI=1S/C33H23N5/c1-2-14-26-25(13-1)30(37-33-31(26)36-29-17-5-6-18-38(29)33)23-11-7-9-21(19-23)22-10-8-12-24(20-22)32-34-27-15-3-4-16-28(27)35-32/h1-20,32,34-35H. The summed E-state index contributed by atoms with van der Waals surface area (Å²) in [5, 5.41) is 9.39. The Kier molecular flexibility index (Phi) is 4.52. The van der Waals surface area contributed by atoms with Gasteiger partial charge in [-0.3, -0.25) is 4.40 Å². The van der Waals surface area contributed by atoms with Gasteiger partial charge >= 0.3 is 0 Å². The monoisotopic (exact) mass is 489 g/mol. The molecule has 1 aliphatic heterocycles. The van der Waals surface area contributed by atoms with E-state index in [1.54, 1.807) is 0 Å². The van der Waals surface area contributed by atoms with Crippen molar-refractivity contribution >= 4 is 39.0 Å². The Morgan fingerprint density at radius 3 is 2.11 bits per heavy atom. The highest BCUT2D eigenvalue weighted by Crippen LogP contribution is 2.37. The summed E-state index contributed by atoms with van der Waals surface area (Å²) in [5.41, 5.74) is 10.5. The van der Waals surface area contributed by atoms with Gasteiger partial charge in [0, 0.05) is 22.5 Å². The lowest BCUT2D eigenvalue weighted by molar-refractivity contribution is 0.942. The van der Waals surface area contributed by atoms with Crippen LogP contribution in [0.15, 0.2) is 121 Å². The molecule has 2 N–H and O–H groups in total. The number of hydrogen-bond donors (Lipinski definition) is 2. The average molecular weight is 490 g/mol. The van der Waals surface area contributed by atoms with Crippen LogP contribution in [0.5, 0.6) is 0 Å². The fourth-order valence-electron chi connectivity index (χ4n) is 5.55. The van der Waals surface area contributed by atoms with E-state index in [1.165, 1.54) is 11.1 Å². The zero-order valence-electron chi connectivity index (χ0n) is 20.5. The molecular formula is C33H23N5. The fourth-order valence-corrected chi connectivity index (χ4v) is 5.55. The second-order valence-electron chi connectivity index (χ2n) is 9.69. The van der Waals surface area contributed by atoms with Crippen molar-refractivity contribution in [3.05, 3.63) is 127 Å². The number of fused-ring (bicyclic) bond motifs is 6. The zero-order valence-corrected chi connectivity index (χ0v) is 20.5. The minimum atomic E-state index is 0.0405. The van der Waals surface area contributed by atoms with E-state index >= 15 is 0 Å². The van der Waals surface area contributed by atoms with E-state index in [9.17, 15) is 0 Å². The highest BCUT2D eigenvalue weighted by atomic mass is 15.2. The number of nitrogens with one attached hydrogen (secondary N) is 2. The molecule has 5 heteroatoms. The van der Waals surface area contributed by atoms with Crippen LogP contribution in [0.3, 0.4) is 0 Å². The van der Waals surface area contributed by atoms with E-state index < -0.39 is 0 Å². The number of aromatic nitrogens is 3. The minimum Gasteiger partial charge on any atom is -0.360 e. The molecule has 7 aromatic rings. The van der Waals surface area contributed by atoms with Crippen LogP contribution in [0.25, 0.3) is 50.0 Å². The molecule has 3 aromatic heterocycles. The summed E-state index contributed by atoms with van der Waals surface area (Å²) in [6.45, 7) is 0. The van der Waals surface area contributed by atoms with Gasteiger partial charge in [-0.05, 0) is 53.1 Å². The number of rotatable bonds is 3. The zero-order chi connectivity index (χ0) is 25.1. The van der Waals surface area contributed by atoms with Crippen molar-refractivity contribution in [3.63, 3.8) is 0 Å². The molecule has 1 aliphatic rings. The van der Waals surface area contributed by atoms with Crippen molar-refractivity contribution in [2.45, 2.75) is 6.17 Å². The summed E-state index contributed by atoms with van der Waals surface area (Å²) in [5.74, 6) is 0. The van der Waals surface area contributed by atoms with Gasteiger partial charge in [0.15, 0.2) is 5.65 Å². The minimum absolute atomic E-state index is 0.0405. The van der Waals surface area contributed by atoms with Crippen molar-refractivity contribution in [2.24, 2.45) is 0 Å². The first kappa shape index (κ1) is 21.0. The van der Waals surface area contributed by atoms with E-state index in [1.807, 2.05) is 24.4 Å². The van der Waals surface area contributed by atoms with Crippen LogP contribution in [-0.2, 0) is 0 Å². The number of pyridine rings is 2. The van der Waals surface area contributed by atoms with Crippen LogP contribution in [0, 0.1) is 0 Å². The lowest BCUT2D eigenvalue weighted by Crippen LogP contribution is -2.11. The van der Waals surface area contributed by atoms with Crippen molar-refractivity contribution in [3.8, 4) is 22.4 Å². The summed E-state index contributed by atoms with van der Waals surface area (Å²) in [6.07, 6.45) is 2.07. The summed E-state index contributed by atoms with van der Waals surface area (Å²) in [7, 11) is 0. The number of anilines is 2. The molecule has 8 rings (SSSR count). The van der Waals surface area contributed by atoms with Gasteiger partial charge in [0.2, 0.25) is 0 Å². The van der Waals surface area contributed by atoms with E-state index in [-0.39, 0.29) is 6.17 Å². The predicted molar refractivity (Wildman–Crippen MR) is 155 cm³/mol. The summed E-state index contributed by atoms with van der Waals surface area (Å²) in [4.78, 5) is 10.1. The highest BCUT2D eigenvalue weighted by Gasteiger charge is 2.21. The first-order valence-electron chi connectivity index (χ1n) is 12.8. The summed E-state index contributed by atoms with van der Waals surface area (Å²) in [6, 6.07) is 40.2. The molecule has 0 bridgehead atoms.